The zero-order valence-electron chi connectivity index (χ0n) is 8.93. The van der Waals surface area contributed by atoms with Crippen molar-refractivity contribution in [2.75, 3.05) is 23.0 Å². The topological polar surface area (TPSA) is 0 Å². The van der Waals surface area contributed by atoms with Crippen molar-refractivity contribution in [3.05, 3.63) is 24.3 Å². The average Bonchev–Trinajstić information content (AvgIpc) is 3.17. The van der Waals surface area contributed by atoms with Gasteiger partial charge in [0.15, 0.2) is 0 Å². The molecule has 0 N–H and O–H groups in total. The molecule has 0 bridgehead atoms. The number of hydrogen-bond donors (Lipinski definition) is 0. The molecule has 0 spiro atoms. The second kappa shape index (κ2) is 5.51. The third-order valence-corrected chi connectivity index (χ3v) is 7.21. The zero-order valence-corrected chi connectivity index (χ0v) is 12.2. The van der Waals surface area contributed by atoms with E-state index in [2.05, 4.69) is 47.8 Å². The third kappa shape index (κ3) is 3.83. The molecule has 86 valence electrons. The summed E-state index contributed by atoms with van der Waals surface area (Å²) in [6.45, 7) is 0. The van der Waals surface area contributed by atoms with E-state index in [1.807, 2.05) is 23.5 Å². The predicted octanol–water partition coefficient (Wildman–Crippen LogP) is 4.10. The zero-order chi connectivity index (χ0) is 10.8. The van der Waals surface area contributed by atoms with E-state index in [4.69, 9.17) is 0 Å². The van der Waals surface area contributed by atoms with Crippen molar-refractivity contribution in [3.8, 4) is 0 Å². The lowest BCUT2D eigenvalue weighted by Gasteiger charge is -2.02. The lowest BCUT2D eigenvalue weighted by atomic mass is 10.4. The van der Waals surface area contributed by atoms with Crippen LogP contribution in [0.3, 0.4) is 0 Å². The maximum Gasteiger partial charge on any atom is 0.0232 e. The molecular weight excluding hydrogens is 272 g/mol. The van der Waals surface area contributed by atoms with E-state index in [1.165, 1.54) is 32.8 Å². The Hall–Kier alpha value is 0.620. The summed E-state index contributed by atoms with van der Waals surface area (Å²) >= 11 is 8.17. The SMILES string of the molecule is c1cc(SCC2CS2)ccc1SCC1CS1. The van der Waals surface area contributed by atoms with E-state index in [0.717, 1.165) is 10.5 Å². The Kier molecular flexibility index (Phi) is 4.03. The Morgan fingerprint density at radius 3 is 1.56 bits per heavy atom. The molecule has 0 aromatic heterocycles. The number of hydrogen-bond acceptors (Lipinski definition) is 4. The van der Waals surface area contributed by atoms with Gasteiger partial charge in [0.1, 0.15) is 0 Å². The van der Waals surface area contributed by atoms with Gasteiger partial charge in [0, 0.05) is 43.3 Å². The van der Waals surface area contributed by atoms with Gasteiger partial charge >= 0.3 is 0 Å². The van der Waals surface area contributed by atoms with E-state index in [0.29, 0.717) is 0 Å². The Balaban J connectivity index is 1.47. The van der Waals surface area contributed by atoms with Crippen molar-refractivity contribution in [2.24, 2.45) is 0 Å². The van der Waals surface area contributed by atoms with Gasteiger partial charge in [-0.2, -0.15) is 23.5 Å². The largest absolute Gasteiger partial charge is 0.156 e. The van der Waals surface area contributed by atoms with Gasteiger partial charge in [-0.05, 0) is 24.3 Å². The van der Waals surface area contributed by atoms with E-state index in [1.54, 1.807) is 0 Å². The molecular formula is C12H14S4. The number of rotatable bonds is 6. The molecule has 2 heterocycles. The summed E-state index contributed by atoms with van der Waals surface area (Å²) in [6.07, 6.45) is 0. The molecule has 2 saturated heterocycles. The van der Waals surface area contributed by atoms with Crippen LogP contribution < -0.4 is 0 Å². The summed E-state index contributed by atoms with van der Waals surface area (Å²) in [7, 11) is 0. The molecule has 1 aromatic rings. The Morgan fingerprint density at radius 1 is 0.875 bits per heavy atom. The van der Waals surface area contributed by atoms with Gasteiger partial charge in [-0.3, -0.25) is 0 Å². The second-order valence-electron chi connectivity index (χ2n) is 4.00. The van der Waals surface area contributed by atoms with Crippen LogP contribution in [0.5, 0.6) is 0 Å². The molecule has 2 atom stereocenters. The van der Waals surface area contributed by atoms with Crippen molar-refractivity contribution >= 4 is 47.0 Å². The normalized spacial score (nSPS) is 26.8. The van der Waals surface area contributed by atoms with Gasteiger partial charge < -0.3 is 0 Å². The Bertz CT molecular complexity index is 306. The van der Waals surface area contributed by atoms with Crippen LogP contribution >= 0.6 is 47.0 Å². The maximum atomic E-state index is 2.28. The van der Waals surface area contributed by atoms with Gasteiger partial charge in [-0.25, -0.2) is 0 Å². The minimum absolute atomic E-state index is 0.936. The monoisotopic (exact) mass is 286 g/mol. The highest BCUT2D eigenvalue weighted by Crippen LogP contribution is 2.37. The van der Waals surface area contributed by atoms with Gasteiger partial charge in [0.2, 0.25) is 0 Å². The summed E-state index contributed by atoms with van der Waals surface area (Å²) < 4.78 is 0. The van der Waals surface area contributed by atoms with Crippen LogP contribution in [0.25, 0.3) is 0 Å². The van der Waals surface area contributed by atoms with Crippen LogP contribution in [0.4, 0.5) is 0 Å². The standard InChI is InChI=1S/C12H14S4/c1-2-10(14-6-12-8-16-12)4-3-9(1)13-5-11-7-15-11/h1-4,11-12H,5-8H2. The summed E-state index contributed by atoms with van der Waals surface area (Å²) in [5, 5.41) is 1.87. The highest BCUT2D eigenvalue weighted by Gasteiger charge is 2.22. The fourth-order valence-electron chi connectivity index (χ4n) is 1.34. The van der Waals surface area contributed by atoms with Crippen molar-refractivity contribution in [1.29, 1.82) is 0 Å². The molecule has 16 heavy (non-hydrogen) atoms. The molecule has 2 aliphatic heterocycles. The van der Waals surface area contributed by atoms with Crippen LogP contribution in [0, 0.1) is 0 Å². The van der Waals surface area contributed by atoms with Gasteiger partial charge in [-0.15, -0.1) is 23.5 Å². The summed E-state index contributed by atoms with van der Waals surface area (Å²) in [5.41, 5.74) is 0. The number of thioether (sulfide) groups is 4. The fourth-order valence-corrected chi connectivity index (χ4v) is 4.97. The molecule has 2 aliphatic rings. The lowest BCUT2D eigenvalue weighted by Crippen LogP contribution is -1.88. The highest BCUT2D eigenvalue weighted by atomic mass is 32.2. The number of benzene rings is 1. The first-order valence-corrected chi connectivity index (χ1v) is 9.56. The first-order chi connectivity index (χ1) is 7.90. The van der Waals surface area contributed by atoms with Crippen molar-refractivity contribution in [1.82, 2.24) is 0 Å². The average molecular weight is 287 g/mol. The van der Waals surface area contributed by atoms with Crippen molar-refractivity contribution < 1.29 is 0 Å². The molecule has 0 aliphatic carbocycles. The Morgan fingerprint density at radius 2 is 1.25 bits per heavy atom. The summed E-state index contributed by atoms with van der Waals surface area (Å²) in [5.74, 6) is 5.33. The van der Waals surface area contributed by atoms with Gasteiger partial charge in [-0.1, -0.05) is 0 Å². The minimum Gasteiger partial charge on any atom is -0.156 e. The second-order valence-corrected chi connectivity index (χ2v) is 8.86. The maximum absolute atomic E-state index is 2.28. The first-order valence-electron chi connectivity index (χ1n) is 5.49. The smallest absolute Gasteiger partial charge is 0.0232 e. The molecule has 3 rings (SSSR count). The minimum atomic E-state index is 0.936. The Labute approximate surface area is 114 Å². The molecule has 0 radical (unpaired) electrons. The quantitative estimate of drug-likeness (QED) is 0.570. The molecule has 4 heteroatoms. The molecule has 1 aromatic carbocycles. The van der Waals surface area contributed by atoms with E-state index in [-0.39, 0.29) is 0 Å². The van der Waals surface area contributed by atoms with E-state index < -0.39 is 0 Å². The molecule has 2 unspecified atom stereocenters. The van der Waals surface area contributed by atoms with Gasteiger partial charge in [0.05, 0.1) is 0 Å². The molecule has 2 fully saturated rings. The summed E-state index contributed by atoms with van der Waals surface area (Å²) in [4.78, 5) is 2.86. The van der Waals surface area contributed by atoms with E-state index in [9.17, 15) is 0 Å². The van der Waals surface area contributed by atoms with Gasteiger partial charge in [0.25, 0.3) is 0 Å². The van der Waals surface area contributed by atoms with Crippen LogP contribution in [0.1, 0.15) is 0 Å². The third-order valence-electron chi connectivity index (χ3n) is 2.50. The molecule has 0 amide bonds. The lowest BCUT2D eigenvalue weighted by molar-refractivity contribution is 1.25. The van der Waals surface area contributed by atoms with Crippen LogP contribution in [-0.4, -0.2) is 33.5 Å². The van der Waals surface area contributed by atoms with Crippen molar-refractivity contribution in [3.63, 3.8) is 0 Å². The van der Waals surface area contributed by atoms with Crippen LogP contribution in [0.2, 0.25) is 0 Å². The summed E-state index contributed by atoms with van der Waals surface area (Å²) in [6, 6.07) is 9.11. The predicted molar refractivity (Wildman–Crippen MR) is 80.4 cm³/mol. The molecule has 0 saturated carbocycles. The van der Waals surface area contributed by atoms with Crippen molar-refractivity contribution in [2.45, 2.75) is 20.3 Å². The van der Waals surface area contributed by atoms with Crippen LogP contribution in [0.15, 0.2) is 34.1 Å². The van der Waals surface area contributed by atoms with Crippen LogP contribution in [-0.2, 0) is 0 Å². The van der Waals surface area contributed by atoms with E-state index >= 15 is 0 Å². The highest BCUT2D eigenvalue weighted by molar-refractivity contribution is 8.09. The fraction of sp³-hybridized carbons (Fsp3) is 0.500. The first kappa shape index (κ1) is 11.7. The molecule has 0 nitrogen and oxygen atoms in total.